The molecule has 0 bridgehead atoms. The molecule has 0 spiro atoms. The molecular formula is C22H32FN3O3. The molecule has 0 atom stereocenters. The molecule has 160 valence electrons. The molecular weight excluding hydrogens is 373 g/mol. The van der Waals surface area contributed by atoms with Gasteiger partial charge >= 0.3 is 6.03 Å². The van der Waals surface area contributed by atoms with Gasteiger partial charge in [0.05, 0.1) is 6.42 Å². The van der Waals surface area contributed by atoms with Crippen molar-refractivity contribution in [3.8, 4) is 0 Å². The van der Waals surface area contributed by atoms with E-state index in [1.807, 2.05) is 11.8 Å². The van der Waals surface area contributed by atoms with E-state index >= 15 is 0 Å². The third-order valence-corrected chi connectivity index (χ3v) is 5.86. The van der Waals surface area contributed by atoms with Gasteiger partial charge in [0, 0.05) is 44.9 Å². The number of urea groups is 1. The number of halogens is 1. The number of hydrogen-bond acceptors (Lipinski definition) is 3. The van der Waals surface area contributed by atoms with Crippen LogP contribution in [0.25, 0.3) is 0 Å². The summed E-state index contributed by atoms with van der Waals surface area (Å²) in [6.07, 6.45) is 4.19. The zero-order valence-electron chi connectivity index (χ0n) is 17.2. The van der Waals surface area contributed by atoms with Crippen molar-refractivity contribution in [2.45, 2.75) is 57.5 Å². The number of carbonyl (C=O) groups excluding carboxylic acids is 2. The summed E-state index contributed by atoms with van der Waals surface area (Å²) in [5.74, 6) is -0.393. The minimum absolute atomic E-state index is 0.00474. The summed E-state index contributed by atoms with van der Waals surface area (Å²) in [6, 6.07) is 6.72. The number of rotatable bonds is 6. The molecule has 0 aromatic heterocycles. The summed E-state index contributed by atoms with van der Waals surface area (Å²) < 4.78 is 19.3. The van der Waals surface area contributed by atoms with Gasteiger partial charge in [0.15, 0.2) is 0 Å². The third-order valence-electron chi connectivity index (χ3n) is 5.86. The standard InChI is InChI=1S/C22H32FN3O3/c1-2-11-24-22(28)26(19-9-14-29-15-10-19)18-7-12-25(13-8-18)21(27)16-17-5-3-4-6-20(17)23/h3-6,18-19H,2,7-16H2,1H3,(H,24,28). The van der Waals surface area contributed by atoms with Crippen molar-refractivity contribution in [2.24, 2.45) is 0 Å². The molecule has 2 saturated heterocycles. The number of ether oxygens (including phenoxy) is 1. The number of amides is 3. The monoisotopic (exact) mass is 405 g/mol. The van der Waals surface area contributed by atoms with Gasteiger partial charge in [-0.1, -0.05) is 25.1 Å². The van der Waals surface area contributed by atoms with Crippen LogP contribution in [0.1, 0.15) is 44.6 Å². The van der Waals surface area contributed by atoms with Crippen molar-refractivity contribution in [3.05, 3.63) is 35.6 Å². The van der Waals surface area contributed by atoms with Gasteiger partial charge in [0.1, 0.15) is 5.82 Å². The molecule has 1 aromatic carbocycles. The van der Waals surface area contributed by atoms with E-state index in [2.05, 4.69) is 5.32 Å². The first-order chi connectivity index (χ1) is 14.1. The Morgan fingerprint density at radius 3 is 2.45 bits per heavy atom. The Morgan fingerprint density at radius 1 is 1.14 bits per heavy atom. The molecule has 29 heavy (non-hydrogen) atoms. The second-order valence-electron chi connectivity index (χ2n) is 7.86. The molecule has 6 nitrogen and oxygen atoms in total. The van der Waals surface area contributed by atoms with Crippen LogP contribution in [-0.4, -0.2) is 66.7 Å². The summed E-state index contributed by atoms with van der Waals surface area (Å²) in [5, 5.41) is 3.02. The Morgan fingerprint density at radius 2 is 1.79 bits per heavy atom. The molecule has 7 heteroatoms. The summed E-state index contributed by atoms with van der Waals surface area (Å²) in [4.78, 5) is 29.3. The first kappa shape index (κ1) is 21.6. The van der Waals surface area contributed by atoms with E-state index in [0.717, 1.165) is 32.1 Å². The quantitative estimate of drug-likeness (QED) is 0.792. The van der Waals surface area contributed by atoms with Crippen LogP contribution in [0.3, 0.4) is 0 Å². The van der Waals surface area contributed by atoms with Crippen LogP contribution < -0.4 is 5.32 Å². The topological polar surface area (TPSA) is 61.9 Å². The van der Waals surface area contributed by atoms with Crippen LogP contribution in [0.4, 0.5) is 9.18 Å². The molecule has 2 aliphatic rings. The average Bonchev–Trinajstić information content (AvgIpc) is 2.75. The van der Waals surface area contributed by atoms with Crippen molar-refractivity contribution < 1.29 is 18.7 Å². The first-order valence-corrected chi connectivity index (χ1v) is 10.7. The predicted octanol–water partition coefficient (Wildman–Crippen LogP) is 2.96. The van der Waals surface area contributed by atoms with Gasteiger partial charge in [-0.05, 0) is 43.7 Å². The fourth-order valence-corrected chi connectivity index (χ4v) is 4.23. The Balaban J connectivity index is 1.59. The van der Waals surface area contributed by atoms with Crippen LogP contribution in [0, 0.1) is 5.82 Å². The number of hydrogen-bond donors (Lipinski definition) is 1. The van der Waals surface area contributed by atoms with Gasteiger partial charge in [-0.2, -0.15) is 0 Å². The van der Waals surface area contributed by atoms with E-state index in [9.17, 15) is 14.0 Å². The molecule has 0 unspecified atom stereocenters. The zero-order valence-corrected chi connectivity index (χ0v) is 17.2. The third kappa shape index (κ3) is 5.69. The van der Waals surface area contributed by atoms with Crippen molar-refractivity contribution >= 4 is 11.9 Å². The molecule has 3 rings (SSSR count). The Hall–Kier alpha value is -2.15. The van der Waals surface area contributed by atoms with Crippen LogP contribution in [0.5, 0.6) is 0 Å². The largest absolute Gasteiger partial charge is 0.381 e. The zero-order chi connectivity index (χ0) is 20.6. The van der Waals surface area contributed by atoms with E-state index in [0.29, 0.717) is 38.4 Å². The highest BCUT2D eigenvalue weighted by atomic mass is 19.1. The molecule has 0 aliphatic carbocycles. The molecule has 3 amide bonds. The van der Waals surface area contributed by atoms with Crippen molar-refractivity contribution in [1.29, 1.82) is 0 Å². The van der Waals surface area contributed by atoms with Crippen LogP contribution in [0.2, 0.25) is 0 Å². The normalized spacial score (nSPS) is 18.5. The Labute approximate surface area is 172 Å². The Bertz CT molecular complexity index is 686. The van der Waals surface area contributed by atoms with Gasteiger partial charge in [-0.25, -0.2) is 9.18 Å². The van der Waals surface area contributed by atoms with Crippen LogP contribution >= 0.6 is 0 Å². The van der Waals surface area contributed by atoms with E-state index < -0.39 is 0 Å². The highest BCUT2D eigenvalue weighted by Gasteiger charge is 2.34. The number of likely N-dealkylation sites (tertiary alicyclic amines) is 1. The van der Waals surface area contributed by atoms with Gasteiger partial charge in [0.2, 0.25) is 5.91 Å². The van der Waals surface area contributed by atoms with Crippen LogP contribution in [0.15, 0.2) is 24.3 Å². The second-order valence-corrected chi connectivity index (χ2v) is 7.86. The maximum atomic E-state index is 13.8. The van der Waals surface area contributed by atoms with E-state index in [1.165, 1.54) is 6.07 Å². The minimum atomic E-state index is -0.339. The highest BCUT2D eigenvalue weighted by molar-refractivity contribution is 5.79. The maximum Gasteiger partial charge on any atom is 0.317 e. The maximum absolute atomic E-state index is 13.8. The molecule has 1 aromatic rings. The lowest BCUT2D eigenvalue weighted by molar-refractivity contribution is -0.132. The van der Waals surface area contributed by atoms with Gasteiger partial charge < -0.3 is 19.9 Å². The number of benzene rings is 1. The molecule has 2 aliphatic heterocycles. The van der Waals surface area contributed by atoms with Crippen molar-refractivity contribution in [3.63, 3.8) is 0 Å². The fraction of sp³-hybridized carbons (Fsp3) is 0.636. The Kier molecular flexibility index (Phi) is 7.86. The minimum Gasteiger partial charge on any atom is -0.381 e. The summed E-state index contributed by atoms with van der Waals surface area (Å²) in [7, 11) is 0. The lowest BCUT2D eigenvalue weighted by Crippen LogP contribution is -2.56. The summed E-state index contributed by atoms with van der Waals surface area (Å²) in [5.41, 5.74) is 0.433. The molecule has 0 radical (unpaired) electrons. The number of nitrogens with zero attached hydrogens (tertiary/aromatic N) is 2. The van der Waals surface area contributed by atoms with E-state index in [4.69, 9.17) is 4.74 Å². The molecule has 2 fully saturated rings. The number of nitrogens with one attached hydrogen (secondary N) is 1. The summed E-state index contributed by atoms with van der Waals surface area (Å²) >= 11 is 0. The second kappa shape index (κ2) is 10.6. The van der Waals surface area contributed by atoms with Crippen molar-refractivity contribution in [1.82, 2.24) is 15.1 Å². The predicted molar refractivity (Wildman–Crippen MR) is 109 cm³/mol. The lowest BCUT2D eigenvalue weighted by Gasteiger charge is -2.43. The van der Waals surface area contributed by atoms with Crippen molar-refractivity contribution in [2.75, 3.05) is 32.8 Å². The average molecular weight is 406 g/mol. The van der Waals surface area contributed by atoms with E-state index in [1.54, 1.807) is 23.1 Å². The number of carbonyl (C=O) groups is 2. The van der Waals surface area contributed by atoms with Crippen LogP contribution in [-0.2, 0) is 16.0 Å². The smallest absolute Gasteiger partial charge is 0.317 e. The highest BCUT2D eigenvalue weighted by Crippen LogP contribution is 2.24. The lowest BCUT2D eigenvalue weighted by atomic mass is 9.97. The SMILES string of the molecule is CCCNC(=O)N(C1CCOCC1)C1CCN(C(=O)Cc2ccccc2F)CC1. The molecule has 2 heterocycles. The fourth-order valence-electron chi connectivity index (χ4n) is 4.23. The molecule has 0 saturated carbocycles. The van der Waals surface area contributed by atoms with Gasteiger partial charge in [-0.15, -0.1) is 0 Å². The first-order valence-electron chi connectivity index (χ1n) is 10.7. The summed E-state index contributed by atoms with van der Waals surface area (Å²) in [6.45, 7) is 5.26. The molecule has 1 N–H and O–H groups in total. The van der Waals surface area contributed by atoms with Gasteiger partial charge in [0.25, 0.3) is 0 Å². The van der Waals surface area contributed by atoms with Gasteiger partial charge in [-0.3, -0.25) is 4.79 Å². The van der Waals surface area contributed by atoms with E-state index in [-0.39, 0.29) is 36.3 Å². The number of piperidine rings is 1.